The molecule has 0 saturated carbocycles. The maximum absolute atomic E-state index is 5.91. The Morgan fingerprint density at radius 2 is 1.53 bits per heavy atom. The lowest BCUT2D eigenvalue weighted by molar-refractivity contribution is -0.120. The first kappa shape index (κ1) is 16.0. The average Bonchev–Trinajstić information content (AvgIpc) is 2.35. The van der Waals surface area contributed by atoms with E-state index in [4.69, 9.17) is 9.47 Å². The zero-order valence-corrected chi connectivity index (χ0v) is 13.4. The second-order valence-electron chi connectivity index (χ2n) is 6.81. The van der Waals surface area contributed by atoms with Gasteiger partial charge in [0.15, 0.2) is 0 Å². The fourth-order valence-corrected chi connectivity index (χ4v) is 1.89. The van der Waals surface area contributed by atoms with Crippen molar-refractivity contribution in [3.05, 3.63) is 29.8 Å². The summed E-state index contributed by atoms with van der Waals surface area (Å²) < 4.78 is 11.3. The van der Waals surface area contributed by atoms with Crippen LogP contribution in [0.3, 0.4) is 0 Å². The molecule has 0 radical (unpaired) electrons. The van der Waals surface area contributed by atoms with Crippen LogP contribution < -0.4 is 4.74 Å². The van der Waals surface area contributed by atoms with E-state index in [2.05, 4.69) is 53.7 Å². The Morgan fingerprint density at radius 3 is 1.89 bits per heavy atom. The molecule has 1 aromatic carbocycles. The second kappa shape index (κ2) is 5.96. The molecular weight excluding hydrogens is 236 g/mol. The predicted molar refractivity (Wildman–Crippen MR) is 80.6 cm³/mol. The van der Waals surface area contributed by atoms with Gasteiger partial charge in [-0.05, 0) is 29.5 Å². The first-order valence-electron chi connectivity index (χ1n) is 7.00. The molecule has 0 bridgehead atoms. The van der Waals surface area contributed by atoms with Gasteiger partial charge >= 0.3 is 0 Å². The van der Waals surface area contributed by atoms with E-state index in [1.165, 1.54) is 5.56 Å². The summed E-state index contributed by atoms with van der Waals surface area (Å²) in [6.07, 6.45) is 0.883. The van der Waals surface area contributed by atoms with Crippen LogP contribution in [0.5, 0.6) is 5.75 Å². The minimum absolute atomic E-state index is 0.0455. The third kappa shape index (κ3) is 4.24. The highest BCUT2D eigenvalue weighted by molar-refractivity contribution is 5.31. The smallest absolute Gasteiger partial charge is 0.204 e. The van der Waals surface area contributed by atoms with Crippen molar-refractivity contribution < 1.29 is 9.47 Å². The predicted octanol–water partition coefficient (Wildman–Crippen LogP) is 4.77. The van der Waals surface area contributed by atoms with Gasteiger partial charge in [-0.1, -0.05) is 53.7 Å². The molecule has 0 saturated heterocycles. The van der Waals surface area contributed by atoms with Crippen molar-refractivity contribution in [2.24, 2.45) is 5.41 Å². The van der Waals surface area contributed by atoms with Gasteiger partial charge in [-0.2, -0.15) is 0 Å². The van der Waals surface area contributed by atoms with E-state index in [-0.39, 0.29) is 17.1 Å². The van der Waals surface area contributed by atoms with Gasteiger partial charge in [0, 0.05) is 12.5 Å². The molecule has 0 amide bonds. The van der Waals surface area contributed by atoms with Crippen LogP contribution in [0.1, 0.15) is 53.5 Å². The van der Waals surface area contributed by atoms with Crippen molar-refractivity contribution in [3.8, 4) is 5.75 Å². The van der Waals surface area contributed by atoms with Crippen LogP contribution in [-0.2, 0) is 10.2 Å². The van der Waals surface area contributed by atoms with E-state index >= 15 is 0 Å². The highest BCUT2D eigenvalue weighted by Gasteiger charge is 2.26. The third-order valence-corrected chi connectivity index (χ3v) is 3.68. The molecule has 1 unspecified atom stereocenters. The van der Waals surface area contributed by atoms with Gasteiger partial charge in [-0.15, -0.1) is 0 Å². The molecule has 0 fully saturated rings. The minimum atomic E-state index is -0.238. The maximum Gasteiger partial charge on any atom is 0.204 e. The highest BCUT2D eigenvalue weighted by Crippen LogP contribution is 2.30. The number of ether oxygens (including phenoxy) is 2. The zero-order valence-electron chi connectivity index (χ0n) is 13.4. The summed E-state index contributed by atoms with van der Waals surface area (Å²) in [5.41, 5.74) is 1.51. The summed E-state index contributed by atoms with van der Waals surface area (Å²) in [7, 11) is 1.68. The summed E-state index contributed by atoms with van der Waals surface area (Å²) >= 11 is 0. The molecular formula is C17H28O2. The number of benzene rings is 1. The van der Waals surface area contributed by atoms with Crippen LogP contribution in [0.25, 0.3) is 0 Å². The number of methoxy groups -OCH3 is 1. The maximum atomic E-state index is 5.91. The molecule has 19 heavy (non-hydrogen) atoms. The molecule has 0 aliphatic heterocycles. The Labute approximate surface area is 118 Å². The van der Waals surface area contributed by atoms with Crippen molar-refractivity contribution >= 4 is 0 Å². The monoisotopic (exact) mass is 264 g/mol. The number of hydrogen-bond acceptors (Lipinski definition) is 2. The molecule has 0 N–H and O–H groups in total. The molecule has 1 rings (SSSR count). The molecule has 2 nitrogen and oxygen atoms in total. The van der Waals surface area contributed by atoms with Crippen molar-refractivity contribution in [1.82, 2.24) is 0 Å². The average molecular weight is 264 g/mol. The molecule has 2 heteroatoms. The molecule has 108 valence electrons. The van der Waals surface area contributed by atoms with Gasteiger partial charge in [0.1, 0.15) is 5.75 Å². The normalized spacial score (nSPS) is 14.3. The van der Waals surface area contributed by atoms with Crippen molar-refractivity contribution in [2.45, 2.75) is 59.7 Å². The Bertz CT molecular complexity index is 385. The first-order chi connectivity index (χ1) is 8.70. The molecule has 0 aromatic heterocycles. The SMILES string of the molecule is CCC(C)(C)c1ccc(OC(OC)C(C)(C)C)cc1. The van der Waals surface area contributed by atoms with Gasteiger partial charge in [-0.25, -0.2) is 0 Å². The van der Waals surface area contributed by atoms with Crippen LogP contribution in [-0.4, -0.2) is 13.4 Å². The van der Waals surface area contributed by atoms with E-state index in [1.54, 1.807) is 7.11 Å². The van der Waals surface area contributed by atoms with Crippen molar-refractivity contribution in [1.29, 1.82) is 0 Å². The lowest BCUT2D eigenvalue weighted by Gasteiger charge is -2.30. The zero-order chi connectivity index (χ0) is 14.7. The van der Waals surface area contributed by atoms with E-state index in [1.807, 2.05) is 12.1 Å². The Kier molecular flexibility index (Phi) is 5.03. The molecule has 1 aromatic rings. The van der Waals surface area contributed by atoms with E-state index in [0.717, 1.165) is 12.2 Å². The Hall–Kier alpha value is -1.02. The summed E-state index contributed by atoms with van der Waals surface area (Å²) in [5, 5.41) is 0. The lowest BCUT2D eigenvalue weighted by atomic mass is 9.82. The van der Waals surface area contributed by atoms with Gasteiger partial charge < -0.3 is 9.47 Å². The third-order valence-electron chi connectivity index (χ3n) is 3.68. The van der Waals surface area contributed by atoms with Gasteiger partial charge in [0.25, 0.3) is 0 Å². The van der Waals surface area contributed by atoms with Gasteiger partial charge in [0.2, 0.25) is 6.29 Å². The molecule has 1 atom stereocenters. The summed E-state index contributed by atoms with van der Waals surface area (Å²) in [5.74, 6) is 0.859. The van der Waals surface area contributed by atoms with Crippen LogP contribution in [0, 0.1) is 5.41 Å². The number of rotatable bonds is 5. The fourth-order valence-electron chi connectivity index (χ4n) is 1.89. The quantitative estimate of drug-likeness (QED) is 0.713. The molecule has 0 aliphatic carbocycles. The van der Waals surface area contributed by atoms with Crippen molar-refractivity contribution in [2.75, 3.05) is 7.11 Å². The molecule has 0 spiro atoms. The lowest BCUT2D eigenvalue weighted by Crippen LogP contribution is -2.33. The Morgan fingerprint density at radius 1 is 1.00 bits per heavy atom. The van der Waals surface area contributed by atoms with Crippen LogP contribution in [0.2, 0.25) is 0 Å². The Balaban J connectivity index is 2.83. The summed E-state index contributed by atoms with van der Waals surface area (Å²) in [4.78, 5) is 0. The molecule has 0 heterocycles. The summed E-state index contributed by atoms with van der Waals surface area (Å²) in [6, 6.07) is 8.36. The topological polar surface area (TPSA) is 18.5 Å². The van der Waals surface area contributed by atoms with E-state index in [9.17, 15) is 0 Å². The standard InChI is InChI=1S/C17H28O2/c1-8-17(5,6)13-9-11-14(12-10-13)19-15(18-7)16(2,3)4/h9-12,15H,8H2,1-7H3. The largest absolute Gasteiger partial charge is 0.464 e. The van der Waals surface area contributed by atoms with Crippen LogP contribution in [0.4, 0.5) is 0 Å². The van der Waals surface area contributed by atoms with E-state index in [0.29, 0.717) is 0 Å². The van der Waals surface area contributed by atoms with Crippen LogP contribution >= 0.6 is 0 Å². The highest BCUT2D eigenvalue weighted by atomic mass is 16.7. The first-order valence-corrected chi connectivity index (χ1v) is 7.00. The number of hydrogen-bond donors (Lipinski definition) is 0. The minimum Gasteiger partial charge on any atom is -0.464 e. The second-order valence-corrected chi connectivity index (χ2v) is 6.81. The van der Waals surface area contributed by atoms with Crippen molar-refractivity contribution in [3.63, 3.8) is 0 Å². The van der Waals surface area contributed by atoms with Gasteiger partial charge in [-0.3, -0.25) is 0 Å². The molecule has 0 aliphatic rings. The summed E-state index contributed by atoms with van der Waals surface area (Å²) in [6.45, 7) is 13.1. The van der Waals surface area contributed by atoms with Gasteiger partial charge in [0.05, 0.1) is 0 Å². The fraction of sp³-hybridized carbons (Fsp3) is 0.647. The van der Waals surface area contributed by atoms with E-state index < -0.39 is 0 Å². The van der Waals surface area contributed by atoms with Crippen LogP contribution in [0.15, 0.2) is 24.3 Å².